The number of halogens is 1. The number of hydrogen-bond acceptors (Lipinski definition) is 3. The second-order valence-electron chi connectivity index (χ2n) is 5.97. The molecule has 4 nitrogen and oxygen atoms in total. The summed E-state index contributed by atoms with van der Waals surface area (Å²) in [5.41, 5.74) is 1.40. The van der Waals surface area contributed by atoms with Gasteiger partial charge in [-0.05, 0) is 30.9 Å². The fraction of sp³-hybridized carbons (Fsp3) is 0.533. The van der Waals surface area contributed by atoms with Crippen LogP contribution < -0.4 is 0 Å². The number of rotatable bonds is 2. The van der Waals surface area contributed by atoms with Crippen molar-refractivity contribution in [2.75, 3.05) is 6.26 Å². The van der Waals surface area contributed by atoms with Crippen LogP contribution in [0.1, 0.15) is 38.6 Å². The Morgan fingerprint density at radius 1 is 1.29 bits per heavy atom. The smallest absolute Gasteiger partial charge is 0.228 e. The average molecular weight is 327 g/mol. The highest BCUT2D eigenvalue weighted by atomic mass is 35.5. The van der Waals surface area contributed by atoms with E-state index in [0.717, 1.165) is 24.8 Å². The molecule has 0 bridgehead atoms. The molecule has 6 heteroatoms. The minimum atomic E-state index is -3.39. The van der Waals surface area contributed by atoms with Crippen LogP contribution in [0.15, 0.2) is 23.4 Å². The van der Waals surface area contributed by atoms with Gasteiger partial charge in [-0.25, -0.2) is 13.4 Å². The van der Waals surface area contributed by atoms with Crippen LogP contribution in [0.3, 0.4) is 0 Å². The lowest BCUT2D eigenvalue weighted by Gasteiger charge is -2.31. The van der Waals surface area contributed by atoms with E-state index in [1.54, 1.807) is 12.1 Å². The summed E-state index contributed by atoms with van der Waals surface area (Å²) in [6.45, 7) is 2.18. The van der Waals surface area contributed by atoms with Crippen LogP contribution in [0, 0.1) is 5.92 Å². The van der Waals surface area contributed by atoms with Gasteiger partial charge in [0.25, 0.3) is 0 Å². The number of hydrogen-bond donors (Lipinski definition) is 0. The quantitative estimate of drug-likeness (QED) is 0.842. The summed E-state index contributed by atoms with van der Waals surface area (Å²) >= 11 is 6.34. The van der Waals surface area contributed by atoms with E-state index in [1.807, 2.05) is 10.6 Å². The molecule has 3 rings (SSSR count). The summed E-state index contributed by atoms with van der Waals surface area (Å²) in [6.07, 6.45) is 5.61. The van der Waals surface area contributed by atoms with Crippen molar-refractivity contribution >= 4 is 32.5 Å². The van der Waals surface area contributed by atoms with Gasteiger partial charge >= 0.3 is 0 Å². The first-order valence-corrected chi connectivity index (χ1v) is 9.53. The van der Waals surface area contributed by atoms with E-state index in [9.17, 15) is 8.42 Å². The van der Waals surface area contributed by atoms with Gasteiger partial charge in [0, 0.05) is 12.3 Å². The molecule has 1 aliphatic rings. The van der Waals surface area contributed by atoms with Gasteiger partial charge in [-0.1, -0.05) is 37.4 Å². The minimum Gasteiger partial charge on any atom is -0.310 e. The van der Waals surface area contributed by atoms with Gasteiger partial charge in [0.15, 0.2) is 0 Å². The summed E-state index contributed by atoms with van der Waals surface area (Å²) in [5.74, 6) is 0.424. The first-order chi connectivity index (χ1) is 9.89. The maximum Gasteiger partial charge on any atom is 0.228 e. The standard InChI is InChI=1S/C15H19ClN2O2S/c1-10-6-3-4-9-13(10)18-14-11(16)7-5-8-12(14)17-15(18)21(2,19)20/h5,7-8,10,13H,3-4,6,9H2,1-2H3/t10-,13-/m0/s1. The third kappa shape index (κ3) is 2.57. The van der Waals surface area contributed by atoms with E-state index >= 15 is 0 Å². The summed E-state index contributed by atoms with van der Waals surface area (Å²) in [5, 5.41) is 0.706. The predicted octanol–water partition coefficient (Wildman–Crippen LogP) is 3.84. The van der Waals surface area contributed by atoms with E-state index in [0.29, 0.717) is 16.5 Å². The van der Waals surface area contributed by atoms with Crippen LogP contribution in [-0.4, -0.2) is 24.2 Å². The minimum absolute atomic E-state index is 0.143. The Labute approximate surface area is 130 Å². The highest BCUT2D eigenvalue weighted by molar-refractivity contribution is 7.90. The van der Waals surface area contributed by atoms with E-state index in [-0.39, 0.29) is 11.2 Å². The lowest BCUT2D eigenvalue weighted by Crippen LogP contribution is -2.24. The average Bonchev–Trinajstić information content (AvgIpc) is 2.80. The van der Waals surface area contributed by atoms with Gasteiger partial charge in [0.1, 0.15) is 0 Å². The maximum absolute atomic E-state index is 12.2. The van der Waals surface area contributed by atoms with Crippen LogP contribution >= 0.6 is 11.6 Å². The molecule has 21 heavy (non-hydrogen) atoms. The van der Waals surface area contributed by atoms with Crippen molar-refractivity contribution in [2.24, 2.45) is 5.92 Å². The molecule has 0 amide bonds. The third-order valence-electron chi connectivity index (χ3n) is 4.36. The Balaban J connectivity index is 2.32. The van der Waals surface area contributed by atoms with Crippen molar-refractivity contribution in [3.05, 3.63) is 23.2 Å². The highest BCUT2D eigenvalue weighted by Gasteiger charge is 2.30. The lowest BCUT2D eigenvalue weighted by atomic mass is 9.85. The van der Waals surface area contributed by atoms with Crippen LogP contribution in [0.25, 0.3) is 11.0 Å². The molecule has 114 valence electrons. The number of para-hydroxylation sites is 1. The molecule has 0 aliphatic heterocycles. The van der Waals surface area contributed by atoms with Crippen molar-refractivity contribution in [3.8, 4) is 0 Å². The number of fused-ring (bicyclic) bond motifs is 1. The molecule has 1 heterocycles. The lowest BCUT2D eigenvalue weighted by molar-refractivity contribution is 0.249. The molecule has 1 fully saturated rings. The van der Waals surface area contributed by atoms with Gasteiger partial charge < -0.3 is 4.57 Å². The predicted molar refractivity (Wildman–Crippen MR) is 84.5 cm³/mol. The van der Waals surface area contributed by atoms with E-state index in [2.05, 4.69) is 11.9 Å². The highest BCUT2D eigenvalue weighted by Crippen LogP contribution is 2.39. The third-order valence-corrected chi connectivity index (χ3v) is 5.61. The van der Waals surface area contributed by atoms with Crippen molar-refractivity contribution in [3.63, 3.8) is 0 Å². The van der Waals surface area contributed by atoms with Crippen LogP contribution in [0.2, 0.25) is 5.02 Å². The molecule has 0 radical (unpaired) electrons. The number of sulfone groups is 1. The zero-order valence-corrected chi connectivity index (χ0v) is 13.8. The molecule has 0 N–H and O–H groups in total. The van der Waals surface area contributed by atoms with Crippen LogP contribution in [-0.2, 0) is 9.84 Å². The van der Waals surface area contributed by atoms with E-state index in [1.165, 1.54) is 12.7 Å². The number of benzene rings is 1. The second kappa shape index (κ2) is 5.29. The summed E-state index contributed by atoms with van der Waals surface area (Å²) in [6, 6.07) is 5.56. The van der Waals surface area contributed by atoms with E-state index < -0.39 is 9.84 Å². The van der Waals surface area contributed by atoms with Gasteiger partial charge in [-0.2, -0.15) is 0 Å². The number of aromatic nitrogens is 2. The molecule has 2 aromatic rings. The van der Waals surface area contributed by atoms with E-state index in [4.69, 9.17) is 11.6 Å². The first kappa shape index (κ1) is 14.9. The Morgan fingerprint density at radius 3 is 2.67 bits per heavy atom. The maximum atomic E-state index is 12.2. The van der Waals surface area contributed by atoms with Crippen molar-refractivity contribution in [1.29, 1.82) is 0 Å². The molecule has 0 saturated heterocycles. The monoisotopic (exact) mass is 326 g/mol. The number of nitrogens with zero attached hydrogens (tertiary/aromatic N) is 2. The number of imidazole rings is 1. The zero-order chi connectivity index (χ0) is 15.2. The van der Waals surface area contributed by atoms with Gasteiger partial charge in [-0.3, -0.25) is 0 Å². The first-order valence-electron chi connectivity index (χ1n) is 7.26. The normalized spacial score (nSPS) is 23.6. The van der Waals surface area contributed by atoms with Crippen LogP contribution in [0.4, 0.5) is 0 Å². The molecular formula is C15H19ClN2O2S. The Kier molecular flexibility index (Phi) is 3.74. The van der Waals surface area contributed by atoms with Gasteiger partial charge in [-0.15, -0.1) is 0 Å². The molecule has 0 spiro atoms. The molecule has 1 aliphatic carbocycles. The molecule has 1 aromatic carbocycles. The summed E-state index contributed by atoms with van der Waals surface area (Å²) < 4.78 is 26.2. The van der Waals surface area contributed by atoms with Crippen molar-refractivity contribution in [2.45, 2.75) is 43.8 Å². The fourth-order valence-corrected chi connectivity index (χ4v) is 4.44. The Bertz CT molecular complexity index is 782. The van der Waals surface area contributed by atoms with Crippen molar-refractivity contribution < 1.29 is 8.42 Å². The molecule has 1 aromatic heterocycles. The zero-order valence-electron chi connectivity index (χ0n) is 12.2. The second-order valence-corrected chi connectivity index (χ2v) is 8.29. The summed E-state index contributed by atoms with van der Waals surface area (Å²) in [7, 11) is -3.39. The Hall–Kier alpha value is -1.07. The fourth-order valence-electron chi connectivity index (χ4n) is 3.33. The van der Waals surface area contributed by atoms with Crippen molar-refractivity contribution in [1.82, 2.24) is 9.55 Å². The SMILES string of the molecule is C[C@H]1CCCC[C@@H]1n1c(S(C)(=O)=O)nc2cccc(Cl)c21. The Morgan fingerprint density at radius 2 is 2.00 bits per heavy atom. The van der Waals surface area contributed by atoms with Crippen LogP contribution in [0.5, 0.6) is 0 Å². The molecule has 2 atom stereocenters. The molecule has 1 saturated carbocycles. The van der Waals surface area contributed by atoms with Gasteiger partial charge in [0.2, 0.25) is 15.0 Å². The topological polar surface area (TPSA) is 52.0 Å². The van der Waals surface area contributed by atoms with Gasteiger partial charge in [0.05, 0.1) is 16.1 Å². The summed E-state index contributed by atoms with van der Waals surface area (Å²) in [4.78, 5) is 4.34. The largest absolute Gasteiger partial charge is 0.310 e. The molecular weight excluding hydrogens is 308 g/mol. The molecule has 0 unspecified atom stereocenters.